The number of amides is 1. The SMILES string of the molecule is CCn1cc(NC(=O)c2cc(Cl)c(-c3ncco3)s2)ccc1=O. The molecule has 3 heterocycles. The standard InChI is InChI=1S/C15H12ClN3O3S/c1-2-19-8-9(3-4-12(19)20)18-14(21)11-7-10(16)13(23-11)15-17-5-6-22-15/h3-8H,2H2,1H3,(H,18,21). The van der Waals surface area contributed by atoms with E-state index in [0.29, 0.717) is 32.9 Å². The van der Waals surface area contributed by atoms with Gasteiger partial charge >= 0.3 is 0 Å². The van der Waals surface area contributed by atoms with Crippen molar-refractivity contribution in [2.45, 2.75) is 13.5 Å². The Labute approximate surface area is 140 Å². The third-order valence-electron chi connectivity index (χ3n) is 3.12. The molecule has 6 nitrogen and oxygen atoms in total. The predicted octanol–water partition coefficient (Wildman–Crippen LogP) is 3.49. The molecule has 0 fully saturated rings. The summed E-state index contributed by atoms with van der Waals surface area (Å²) in [4.78, 5) is 28.9. The van der Waals surface area contributed by atoms with Gasteiger partial charge in [-0.1, -0.05) is 11.6 Å². The summed E-state index contributed by atoms with van der Waals surface area (Å²) in [6.07, 6.45) is 4.56. The maximum absolute atomic E-state index is 12.3. The van der Waals surface area contributed by atoms with Gasteiger partial charge in [0.1, 0.15) is 11.1 Å². The maximum atomic E-state index is 12.3. The van der Waals surface area contributed by atoms with Crippen molar-refractivity contribution in [3.8, 4) is 10.8 Å². The second-order valence-corrected chi connectivity index (χ2v) is 6.08. The first-order valence-electron chi connectivity index (χ1n) is 6.79. The van der Waals surface area contributed by atoms with Gasteiger partial charge in [-0.3, -0.25) is 9.59 Å². The first kappa shape index (κ1) is 15.5. The molecule has 0 atom stereocenters. The number of hydrogen-bond donors (Lipinski definition) is 1. The fourth-order valence-corrected chi connectivity index (χ4v) is 3.26. The number of oxazole rings is 1. The van der Waals surface area contributed by atoms with Crippen LogP contribution in [0, 0.1) is 0 Å². The predicted molar refractivity (Wildman–Crippen MR) is 89.2 cm³/mol. The zero-order valence-corrected chi connectivity index (χ0v) is 13.6. The maximum Gasteiger partial charge on any atom is 0.265 e. The Morgan fingerprint density at radius 1 is 1.48 bits per heavy atom. The molecule has 0 unspecified atom stereocenters. The minimum atomic E-state index is -0.309. The number of hydrogen-bond acceptors (Lipinski definition) is 5. The fraction of sp³-hybridized carbons (Fsp3) is 0.133. The second-order valence-electron chi connectivity index (χ2n) is 4.62. The summed E-state index contributed by atoms with van der Waals surface area (Å²) in [7, 11) is 0. The van der Waals surface area contributed by atoms with Crippen LogP contribution < -0.4 is 10.9 Å². The van der Waals surface area contributed by atoms with E-state index >= 15 is 0 Å². The Balaban J connectivity index is 1.84. The number of rotatable bonds is 4. The topological polar surface area (TPSA) is 77.1 Å². The van der Waals surface area contributed by atoms with Crippen molar-refractivity contribution in [2.24, 2.45) is 0 Å². The zero-order chi connectivity index (χ0) is 16.4. The van der Waals surface area contributed by atoms with Crippen molar-refractivity contribution in [1.29, 1.82) is 0 Å². The molecule has 118 valence electrons. The van der Waals surface area contributed by atoms with E-state index in [1.807, 2.05) is 6.92 Å². The number of aromatic nitrogens is 2. The number of anilines is 1. The van der Waals surface area contributed by atoms with Crippen LogP contribution in [0.5, 0.6) is 0 Å². The van der Waals surface area contributed by atoms with Crippen LogP contribution in [-0.4, -0.2) is 15.5 Å². The van der Waals surface area contributed by atoms with Crippen LogP contribution in [0.4, 0.5) is 5.69 Å². The summed E-state index contributed by atoms with van der Waals surface area (Å²) in [6.45, 7) is 2.39. The molecule has 0 spiro atoms. The Hall–Kier alpha value is -2.38. The van der Waals surface area contributed by atoms with E-state index in [0.717, 1.165) is 0 Å². The van der Waals surface area contributed by atoms with Crippen molar-refractivity contribution in [2.75, 3.05) is 5.32 Å². The van der Waals surface area contributed by atoms with Gasteiger partial charge < -0.3 is 14.3 Å². The molecule has 0 saturated carbocycles. The Morgan fingerprint density at radius 3 is 3.00 bits per heavy atom. The van der Waals surface area contributed by atoms with Gasteiger partial charge in [-0.2, -0.15) is 0 Å². The van der Waals surface area contributed by atoms with E-state index in [4.69, 9.17) is 16.0 Å². The summed E-state index contributed by atoms with van der Waals surface area (Å²) in [6, 6.07) is 4.55. The van der Waals surface area contributed by atoms with E-state index in [2.05, 4.69) is 10.3 Å². The molecule has 23 heavy (non-hydrogen) atoms. The van der Waals surface area contributed by atoms with Crippen LogP contribution in [-0.2, 0) is 6.54 Å². The second kappa shape index (κ2) is 6.39. The smallest absolute Gasteiger partial charge is 0.265 e. The minimum Gasteiger partial charge on any atom is -0.444 e. The molecule has 0 saturated heterocycles. The van der Waals surface area contributed by atoms with E-state index in [1.54, 1.807) is 18.3 Å². The lowest BCUT2D eigenvalue weighted by molar-refractivity contribution is 0.103. The van der Waals surface area contributed by atoms with Gasteiger partial charge in [0.25, 0.3) is 11.5 Å². The molecule has 1 amide bonds. The zero-order valence-electron chi connectivity index (χ0n) is 12.1. The van der Waals surface area contributed by atoms with Crippen molar-refractivity contribution < 1.29 is 9.21 Å². The number of pyridine rings is 1. The molecule has 1 N–H and O–H groups in total. The average Bonchev–Trinajstić information content (AvgIpc) is 3.18. The summed E-state index contributed by atoms with van der Waals surface area (Å²) in [5, 5.41) is 3.15. The summed E-state index contributed by atoms with van der Waals surface area (Å²) in [5.41, 5.74) is 0.425. The summed E-state index contributed by atoms with van der Waals surface area (Å²) >= 11 is 7.33. The molecule has 0 aliphatic rings. The molecule has 8 heteroatoms. The number of nitrogens with one attached hydrogen (secondary N) is 1. The molecule has 3 rings (SSSR count). The highest BCUT2D eigenvalue weighted by atomic mass is 35.5. The Bertz CT molecular complexity index is 899. The van der Waals surface area contributed by atoms with Crippen molar-refractivity contribution in [1.82, 2.24) is 9.55 Å². The molecule has 0 aliphatic heterocycles. The summed E-state index contributed by atoms with van der Waals surface area (Å²) < 4.78 is 6.71. The highest BCUT2D eigenvalue weighted by Gasteiger charge is 2.17. The normalized spacial score (nSPS) is 10.7. The first-order chi connectivity index (χ1) is 11.1. The van der Waals surface area contributed by atoms with E-state index in [9.17, 15) is 9.59 Å². The van der Waals surface area contributed by atoms with Crippen LogP contribution >= 0.6 is 22.9 Å². The molecule has 0 radical (unpaired) electrons. The molecule has 0 aliphatic carbocycles. The average molecular weight is 350 g/mol. The van der Waals surface area contributed by atoms with Gasteiger partial charge in [0.05, 0.1) is 21.8 Å². The molecular formula is C15H12ClN3O3S. The Morgan fingerprint density at radius 2 is 2.30 bits per heavy atom. The molecular weight excluding hydrogens is 338 g/mol. The fourth-order valence-electron chi connectivity index (χ4n) is 2.01. The van der Waals surface area contributed by atoms with Crippen molar-refractivity contribution in [3.63, 3.8) is 0 Å². The van der Waals surface area contributed by atoms with Crippen LogP contribution in [0.25, 0.3) is 10.8 Å². The van der Waals surface area contributed by atoms with E-state index < -0.39 is 0 Å². The third kappa shape index (κ3) is 3.20. The first-order valence-corrected chi connectivity index (χ1v) is 7.99. The minimum absolute atomic E-state index is 0.115. The van der Waals surface area contributed by atoms with Crippen LogP contribution in [0.2, 0.25) is 5.02 Å². The summed E-state index contributed by atoms with van der Waals surface area (Å²) in [5.74, 6) is 0.0644. The number of carbonyl (C=O) groups is 1. The van der Waals surface area contributed by atoms with Crippen LogP contribution in [0.1, 0.15) is 16.6 Å². The van der Waals surface area contributed by atoms with Gasteiger partial charge in [-0.25, -0.2) is 4.98 Å². The van der Waals surface area contributed by atoms with E-state index in [-0.39, 0.29) is 11.5 Å². The molecule has 3 aromatic rings. The van der Waals surface area contributed by atoms with Gasteiger partial charge in [-0.15, -0.1) is 11.3 Å². The van der Waals surface area contributed by atoms with Gasteiger partial charge in [0.2, 0.25) is 5.89 Å². The van der Waals surface area contributed by atoms with E-state index in [1.165, 1.54) is 34.4 Å². The van der Waals surface area contributed by atoms with Crippen LogP contribution in [0.15, 0.2) is 46.1 Å². The quantitative estimate of drug-likeness (QED) is 0.782. The monoisotopic (exact) mass is 349 g/mol. The van der Waals surface area contributed by atoms with Crippen molar-refractivity contribution >= 4 is 34.5 Å². The van der Waals surface area contributed by atoms with Gasteiger partial charge in [0.15, 0.2) is 0 Å². The number of carbonyl (C=O) groups excluding carboxylic acids is 1. The van der Waals surface area contributed by atoms with Crippen LogP contribution in [0.3, 0.4) is 0 Å². The Kier molecular flexibility index (Phi) is 4.31. The van der Waals surface area contributed by atoms with Crippen molar-refractivity contribution in [3.05, 3.63) is 57.1 Å². The molecule has 0 bridgehead atoms. The molecule has 0 aromatic carbocycles. The van der Waals surface area contributed by atoms with Gasteiger partial charge in [0, 0.05) is 18.8 Å². The number of aryl methyl sites for hydroxylation is 1. The molecule has 3 aromatic heterocycles. The highest BCUT2D eigenvalue weighted by molar-refractivity contribution is 7.18. The number of thiophene rings is 1. The largest absolute Gasteiger partial charge is 0.444 e. The third-order valence-corrected chi connectivity index (χ3v) is 4.65. The lowest BCUT2D eigenvalue weighted by Crippen LogP contribution is -2.19. The number of halogens is 1. The lowest BCUT2D eigenvalue weighted by Gasteiger charge is -2.06. The van der Waals surface area contributed by atoms with Gasteiger partial charge in [-0.05, 0) is 19.1 Å². The lowest BCUT2D eigenvalue weighted by atomic mass is 10.3. The number of nitrogens with zero attached hydrogens (tertiary/aromatic N) is 2. The highest BCUT2D eigenvalue weighted by Crippen LogP contribution is 2.35.